The maximum Gasteiger partial charge on any atom is 0.278 e. The number of rotatable bonds is 9. The number of aliphatic hydroxyl groups is 1. The molecule has 0 radical (unpaired) electrons. The van der Waals surface area contributed by atoms with E-state index in [0.29, 0.717) is 6.54 Å². The summed E-state index contributed by atoms with van der Waals surface area (Å²) < 4.78 is 0. The second kappa shape index (κ2) is 11.0. The summed E-state index contributed by atoms with van der Waals surface area (Å²) in [7, 11) is 0. The maximum atomic E-state index is 13.6. The standard InChI is InChI=1S/C27H31N3O2/c31-20-12-4-11-19-28-27(32)26-24(21-13-5-1-6-14-21)25(22-15-7-2-8-16-22)29-30(26)23-17-9-3-10-18-23/h1-3,5-10,13-18,24-26,30-31H,4,11-12,19-20H2,(H,28,32). The van der Waals surface area contributed by atoms with E-state index in [2.05, 4.69) is 29.6 Å². The lowest BCUT2D eigenvalue weighted by atomic mass is 9.83. The molecule has 1 heterocycles. The van der Waals surface area contributed by atoms with E-state index in [4.69, 9.17) is 10.5 Å². The minimum absolute atomic E-state index is 0.0175. The molecular formula is C27H31N3O2. The Labute approximate surface area is 190 Å². The van der Waals surface area contributed by atoms with E-state index >= 15 is 0 Å². The molecule has 166 valence electrons. The van der Waals surface area contributed by atoms with E-state index in [9.17, 15) is 4.79 Å². The molecule has 0 bridgehead atoms. The lowest BCUT2D eigenvalue weighted by Crippen LogP contribution is -3.07. The molecule has 0 aromatic heterocycles. The fourth-order valence-corrected chi connectivity index (χ4v) is 4.53. The first kappa shape index (κ1) is 22.2. The van der Waals surface area contributed by atoms with Crippen LogP contribution in [0.3, 0.4) is 0 Å². The minimum Gasteiger partial charge on any atom is -0.440 e. The van der Waals surface area contributed by atoms with E-state index in [1.807, 2.05) is 66.7 Å². The summed E-state index contributed by atoms with van der Waals surface area (Å²) in [5.41, 5.74) is 8.40. The number of benzene rings is 3. The van der Waals surface area contributed by atoms with Crippen molar-refractivity contribution in [2.24, 2.45) is 0 Å². The molecule has 3 aromatic rings. The summed E-state index contributed by atoms with van der Waals surface area (Å²) in [6.07, 6.45) is 2.52. The summed E-state index contributed by atoms with van der Waals surface area (Å²) in [4.78, 5) is 13.6. The van der Waals surface area contributed by atoms with Crippen molar-refractivity contribution < 1.29 is 14.9 Å². The molecule has 0 spiro atoms. The molecule has 5 heteroatoms. The van der Waals surface area contributed by atoms with Crippen LogP contribution in [0, 0.1) is 0 Å². The molecule has 0 aliphatic carbocycles. The molecule has 1 saturated heterocycles. The highest BCUT2D eigenvalue weighted by atomic mass is 16.2. The van der Waals surface area contributed by atoms with Crippen molar-refractivity contribution >= 4 is 11.6 Å². The van der Waals surface area contributed by atoms with Crippen LogP contribution in [0.15, 0.2) is 91.0 Å². The van der Waals surface area contributed by atoms with Crippen molar-refractivity contribution in [2.45, 2.75) is 37.3 Å². The summed E-state index contributed by atoms with van der Waals surface area (Å²) in [6.45, 7) is 0.797. The van der Waals surface area contributed by atoms with Crippen LogP contribution >= 0.6 is 0 Å². The Balaban J connectivity index is 1.69. The predicted molar refractivity (Wildman–Crippen MR) is 127 cm³/mol. The summed E-state index contributed by atoms with van der Waals surface area (Å²) >= 11 is 0. The van der Waals surface area contributed by atoms with Gasteiger partial charge in [0.2, 0.25) is 0 Å². The van der Waals surface area contributed by atoms with Crippen LogP contribution in [0.2, 0.25) is 0 Å². The molecule has 32 heavy (non-hydrogen) atoms. The van der Waals surface area contributed by atoms with Gasteiger partial charge in [-0.05, 0) is 37.0 Å². The second-order valence-corrected chi connectivity index (χ2v) is 8.23. The fourth-order valence-electron chi connectivity index (χ4n) is 4.53. The van der Waals surface area contributed by atoms with E-state index in [0.717, 1.165) is 41.1 Å². The third-order valence-corrected chi connectivity index (χ3v) is 6.08. The second-order valence-electron chi connectivity index (χ2n) is 8.23. The number of nitrogens with zero attached hydrogens (tertiary/aromatic N) is 1. The van der Waals surface area contributed by atoms with Gasteiger partial charge in [-0.25, -0.2) is 0 Å². The van der Waals surface area contributed by atoms with Crippen molar-refractivity contribution in [3.8, 4) is 0 Å². The molecule has 1 amide bonds. The number of unbranched alkanes of at least 4 members (excludes halogenated alkanes) is 2. The first-order valence-corrected chi connectivity index (χ1v) is 11.4. The molecule has 1 aliphatic rings. The Morgan fingerprint density at radius 3 is 2.03 bits per heavy atom. The fraction of sp³-hybridized carbons (Fsp3) is 0.296. The summed E-state index contributed by atoms with van der Waals surface area (Å²) in [6, 6.07) is 30.1. The molecule has 4 rings (SSSR count). The highest BCUT2D eigenvalue weighted by Crippen LogP contribution is 2.42. The minimum atomic E-state index is -0.372. The van der Waals surface area contributed by atoms with Crippen LogP contribution in [0.4, 0.5) is 5.69 Å². The van der Waals surface area contributed by atoms with Gasteiger partial charge in [0.05, 0.1) is 0 Å². The third-order valence-electron chi connectivity index (χ3n) is 6.08. The molecule has 4 unspecified atom stereocenters. The number of carbonyl (C=O) groups excluding carboxylic acids is 1. The van der Waals surface area contributed by atoms with Crippen molar-refractivity contribution in [1.29, 1.82) is 0 Å². The van der Waals surface area contributed by atoms with E-state index in [1.54, 1.807) is 0 Å². The van der Waals surface area contributed by atoms with Gasteiger partial charge < -0.3 is 20.9 Å². The van der Waals surface area contributed by atoms with Crippen LogP contribution < -0.4 is 10.3 Å². The third kappa shape index (κ3) is 5.07. The number of aliphatic hydroxyl groups excluding tert-OH is 1. The normalized spacial score (nSPS) is 22.5. The number of carbonyl (C=O) groups is 1. The first-order chi connectivity index (χ1) is 15.8. The zero-order valence-corrected chi connectivity index (χ0v) is 18.2. The van der Waals surface area contributed by atoms with Crippen molar-refractivity contribution in [3.05, 3.63) is 108 Å². The predicted octanol–water partition coefficient (Wildman–Crippen LogP) is 3.68. The average molecular weight is 430 g/mol. The Hall–Kier alpha value is -2.99. The van der Waals surface area contributed by atoms with E-state index in [1.165, 1.54) is 0 Å². The molecule has 3 aromatic carbocycles. The quantitative estimate of drug-likeness (QED) is 0.454. The topological polar surface area (TPSA) is 67.9 Å². The van der Waals surface area contributed by atoms with Gasteiger partial charge in [-0.15, -0.1) is 0 Å². The lowest BCUT2D eigenvalue weighted by molar-refractivity contribution is -0.800. The Kier molecular flexibility index (Phi) is 7.67. The zero-order valence-electron chi connectivity index (χ0n) is 18.2. The molecule has 0 saturated carbocycles. The zero-order chi connectivity index (χ0) is 22.2. The lowest BCUT2D eigenvalue weighted by Gasteiger charge is -2.30. The smallest absolute Gasteiger partial charge is 0.278 e. The SMILES string of the molecule is O=C(NCCCCCO)C1C(c2ccccc2)C(c2ccccc2)[N-][NH+]1c1ccccc1. The van der Waals surface area contributed by atoms with Crippen molar-refractivity contribution in [3.63, 3.8) is 0 Å². The van der Waals surface area contributed by atoms with Gasteiger partial charge in [0.25, 0.3) is 5.91 Å². The molecular weight excluding hydrogens is 398 g/mol. The molecule has 1 fully saturated rings. The highest BCUT2D eigenvalue weighted by molar-refractivity contribution is 5.82. The highest BCUT2D eigenvalue weighted by Gasteiger charge is 2.44. The summed E-state index contributed by atoms with van der Waals surface area (Å²) in [5, 5.41) is 13.0. The number of quaternary nitrogens is 1. The van der Waals surface area contributed by atoms with Crippen molar-refractivity contribution in [2.75, 3.05) is 13.2 Å². The van der Waals surface area contributed by atoms with E-state index < -0.39 is 0 Å². The largest absolute Gasteiger partial charge is 0.440 e. The summed E-state index contributed by atoms with van der Waals surface area (Å²) in [5.74, 6) is -0.0601. The van der Waals surface area contributed by atoms with Gasteiger partial charge in [-0.3, -0.25) is 4.79 Å². The average Bonchev–Trinajstić information content (AvgIpc) is 3.26. The Morgan fingerprint density at radius 2 is 1.41 bits per heavy atom. The number of hydrogen-bond donors (Lipinski definition) is 3. The Bertz CT molecular complexity index is 966. The maximum absolute atomic E-state index is 13.6. The van der Waals surface area contributed by atoms with Crippen LogP contribution in [0.5, 0.6) is 0 Å². The molecule has 3 N–H and O–H groups in total. The number of hydrogen-bond acceptors (Lipinski definition) is 2. The molecule has 4 atom stereocenters. The van der Waals surface area contributed by atoms with Crippen LogP contribution in [-0.2, 0) is 4.79 Å². The van der Waals surface area contributed by atoms with E-state index in [-0.39, 0.29) is 30.5 Å². The van der Waals surface area contributed by atoms with Crippen LogP contribution in [-0.4, -0.2) is 30.2 Å². The monoisotopic (exact) mass is 429 g/mol. The Morgan fingerprint density at radius 1 is 0.812 bits per heavy atom. The van der Waals surface area contributed by atoms with Crippen molar-refractivity contribution in [1.82, 2.24) is 5.32 Å². The van der Waals surface area contributed by atoms with Crippen LogP contribution in [0.25, 0.3) is 5.43 Å². The number of amides is 1. The van der Waals surface area contributed by atoms with Gasteiger partial charge in [0.1, 0.15) is 5.69 Å². The van der Waals surface area contributed by atoms with Gasteiger partial charge in [0, 0.05) is 19.1 Å². The number of nitrogens with one attached hydrogen (secondary N) is 2. The van der Waals surface area contributed by atoms with Crippen LogP contribution in [0.1, 0.15) is 42.3 Å². The van der Waals surface area contributed by atoms with Gasteiger partial charge in [0.15, 0.2) is 6.04 Å². The first-order valence-electron chi connectivity index (χ1n) is 11.4. The van der Waals surface area contributed by atoms with Gasteiger partial charge >= 0.3 is 0 Å². The number of para-hydroxylation sites is 1. The van der Waals surface area contributed by atoms with Gasteiger partial charge in [-0.2, -0.15) is 0 Å². The molecule has 1 aliphatic heterocycles. The van der Waals surface area contributed by atoms with Gasteiger partial charge in [-0.1, -0.05) is 90.5 Å². The molecule has 5 nitrogen and oxygen atoms in total.